The van der Waals surface area contributed by atoms with Crippen molar-refractivity contribution in [3.05, 3.63) is 24.3 Å². The van der Waals surface area contributed by atoms with Crippen molar-refractivity contribution < 1.29 is 32.9 Å². The minimum atomic E-state index is -4.34. The number of unbranched alkanes of at least 4 members (excludes halogenated alkanes) is 26. The second-order valence-corrected chi connectivity index (χ2v) is 18.2. The van der Waals surface area contributed by atoms with Gasteiger partial charge in [0.15, 0.2) is 0 Å². The number of hydrogen-bond donors (Lipinski definition) is 3. The number of carbonyl (C=O) groups excluding carboxylic acids is 1. The van der Waals surface area contributed by atoms with Crippen LogP contribution >= 0.6 is 7.82 Å². The molecule has 0 heterocycles. The minimum Gasteiger partial charge on any atom is -0.387 e. The van der Waals surface area contributed by atoms with E-state index in [0.717, 1.165) is 38.5 Å². The van der Waals surface area contributed by atoms with Crippen molar-refractivity contribution in [3.63, 3.8) is 0 Å². The number of hydrogen-bond acceptors (Lipinski definition) is 5. The van der Waals surface area contributed by atoms with Crippen LogP contribution in [0.1, 0.15) is 206 Å². The quantitative estimate of drug-likeness (QED) is 0.0247. The molecule has 0 bridgehead atoms. The number of phosphoric acid groups is 1. The smallest absolute Gasteiger partial charge is 0.387 e. The van der Waals surface area contributed by atoms with Crippen LogP contribution in [0, 0.1) is 0 Å². The summed E-state index contributed by atoms with van der Waals surface area (Å²) in [6.07, 6.45) is 44.0. The Hall–Kier alpha value is -1.02. The molecule has 9 heteroatoms. The van der Waals surface area contributed by atoms with Gasteiger partial charge in [0.05, 0.1) is 39.9 Å². The van der Waals surface area contributed by atoms with E-state index in [0.29, 0.717) is 17.4 Å². The summed E-state index contributed by atoms with van der Waals surface area (Å²) in [5, 5.41) is 13.8. The molecule has 0 aromatic carbocycles. The first-order chi connectivity index (χ1) is 26.0. The van der Waals surface area contributed by atoms with E-state index in [-0.39, 0.29) is 19.1 Å². The maximum Gasteiger partial charge on any atom is 0.472 e. The van der Waals surface area contributed by atoms with Gasteiger partial charge < -0.3 is 19.8 Å². The van der Waals surface area contributed by atoms with Gasteiger partial charge in [0.2, 0.25) is 5.91 Å². The van der Waals surface area contributed by atoms with Crippen LogP contribution in [-0.4, -0.2) is 73.4 Å². The van der Waals surface area contributed by atoms with E-state index in [9.17, 15) is 19.4 Å². The Labute approximate surface area is 334 Å². The number of rotatable bonds is 41. The van der Waals surface area contributed by atoms with Gasteiger partial charge in [0.1, 0.15) is 13.2 Å². The van der Waals surface area contributed by atoms with Gasteiger partial charge in [0, 0.05) is 6.42 Å². The lowest BCUT2D eigenvalue weighted by molar-refractivity contribution is -0.870. The molecule has 0 aromatic heterocycles. The second-order valence-electron chi connectivity index (χ2n) is 16.8. The molecule has 8 nitrogen and oxygen atoms in total. The van der Waals surface area contributed by atoms with Gasteiger partial charge >= 0.3 is 7.82 Å². The number of nitrogens with zero attached hydrogens (tertiary/aromatic N) is 1. The maximum absolute atomic E-state index is 12.8. The van der Waals surface area contributed by atoms with E-state index < -0.39 is 20.0 Å². The Morgan fingerprint density at radius 2 is 1.02 bits per heavy atom. The van der Waals surface area contributed by atoms with E-state index in [2.05, 4.69) is 31.3 Å². The Bertz CT molecular complexity index is 938. The van der Waals surface area contributed by atoms with Gasteiger partial charge in [-0.05, 0) is 32.1 Å². The van der Waals surface area contributed by atoms with E-state index in [1.165, 1.54) is 148 Å². The number of allylic oxidation sites excluding steroid dienone is 3. The van der Waals surface area contributed by atoms with E-state index in [1.807, 2.05) is 27.2 Å². The summed E-state index contributed by atoms with van der Waals surface area (Å²) in [6.45, 7) is 4.78. The highest BCUT2D eigenvalue weighted by molar-refractivity contribution is 7.47. The molecule has 320 valence electrons. The zero-order chi connectivity index (χ0) is 40.0. The topological polar surface area (TPSA) is 105 Å². The number of carbonyl (C=O) groups is 1. The number of aliphatic hydroxyl groups is 1. The number of aliphatic hydroxyl groups excluding tert-OH is 1. The standard InChI is InChI=1S/C45H89N2O6P/c1-6-8-10-12-14-16-18-19-20-21-22-23-24-25-26-27-29-31-33-35-37-39-45(49)46-43(42-53-54(50,51)52-41-40-47(3,4)5)44(48)38-36-34-32-30-28-17-15-13-11-9-7-2/h28,30,36,38,43-44,48H,6-27,29,31-35,37,39-42H2,1-5H3,(H-,46,49,50,51)/p+1/b30-28+,38-36+. The van der Waals surface area contributed by atoms with Gasteiger partial charge in [-0.2, -0.15) is 0 Å². The lowest BCUT2D eigenvalue weighted by atomic mass is 10.0. The molecule has 0 saturated heterocycles. The highest BCUT2D eigenvalue weighted by Crippen LogP contribution is 2.43. The summed E-state index contributed by atoms with van der Waals surface area (Å²) in [4.78, 5) is 23.1. The predicted molar refractivity (Wildman–Crippen MR) is 231 cm³/mol. The average molecular weight is 786 g/mol. The minimum absolute atomic E-state index is 0.0580. The molecule has 0 radical (unpaired) electrons. The summed E-state index contributed by atoms with van der Waals surface area (Å²) in [5.41, 5.74) is 0. The third-order valence-electron chi connectivity index (χ3n) is 10.2. The summed E-state index contributed by atoms with van der Waals surface area (Å²) in [5.74, 6) is -0.186. The molecule has 0 saturated carbocycles. The first-order valence-electron chi connectivity index (χ1n) is 22.7. The first kappa shape index (κ1) is 53.0. The molecule has 0 aromatic rings. The molecule has 0 aliphatic heterocycles. The van der Waals surface area contributed by atoms with Gasteiger partial charge in [-0.3, -0.25) is 13.8 Å². The normalized spacial score (nSPS) is 14.6. The van der Waals surface area contributed by atoms with Crippen LogP contribution in [0.5, 0.6) is 0 Å². The van der Waals surface area contributed by atoms with Crippen molar-refractivity contribution in [2.45, 2.75) is 219 Å². The van der Waals surface area contributed by atoms with Crippen LogP contribution in [0.25, 0.3) is 0 Å². The Kier molecular flexibility index (Phi) is 36.8. The van der Waals surface area contributed by atoms with Crippen LogP contribution in [-0.2, 0) is 18.4 Å². The third kappa shape index (κ3) is 39.2. The number of amides is 1. The Morgan fingerprint density at radius 1 is 0.611 bits per heavy atom. The van der Waals surface area contributed by atoms with Crippen molar-refractivity contribution in [1.29, 1.82) is 0 Å². The lowest BCUT2D eigenvalue weighted by Gasteiger charge is -2.25. The number of likely N-dealkylation sites (N-methyl/N-ethyl adjacent to an activating group) is 1. The summed E-state index contributed by atoms with van der Waals surface area (Å²) >= 11 is 0. The molecule has 0 spiro atoms. The fourth-order valence-corrected chi connectivity index (χ4v) is 7.26. The SMILES string of the molecule is CCCCCCC/C=C/CC/C=C/C(O)C(COP(=O)(O)OCC[N+](C)(C)C)NC(=O)CCCCCCCCCCCCCCCCCCCCCCC. The largest absolute Gasteiger partial charge is 0.472 e. The second kappa shape index (κ2) is 37.6. The molecule has 0 fully saturated rings. The van der Waals surface area contributed by atoms with Gasteiger partial charge in [-0.15, -0.1) is 0 Å². The van der Waals surface area contributed by atoms with Crippen LogP contribution < -0.4 is 5.32 Å². The van der Waals surface area contributed by atoms with Crippen LogP contribution in [0.3, 0.4) is 0 Å². The molecule has 3 N–H and O–H groups in total. The van der Waals surface area contributed by atoms with E-state index in [4.69, 9.17) is 9.05 Å². The fourth-order valence-electron chi connectivity index (χ4n) is 6.53. The van der Waals surface area contributed by atoms with Gasteiger partial charge in [-0.1, -0.05) is 192 Å². The fraction of sp³-hybridized carbons (Fsp3) is 0.889. The zero-order valence-corrected chi connectivity index (χ0v) is 37.1. The Morgan fingerprint density at radius 3 is 1.48 bits per heavy atom. The third-order valence-corrected chi connectivity index (χ3v) is 11.2. The van der Waals surface area contributed by atoms with Crippen molar-refractivity contribution in [3.8, 4) is 0 Å². The molecule has 3 unspecified atom stereocenters. The van der Waals surface area contributed by atoms with E-state index in [1.54, 1.807) is 6.08 Å². The molecule has 54 heavy (non-hydrogen) atoms. The molecular formula is C45H90N2O6P+. The average Bonchev–Trinajstić information content (AvgIpc) is 3.12. The summed E-state index contributed by atoms with van der Waals surface area (Å²) in [6, 6.07) is -0.857. The number of quaternary nitrogens is 1. The van der Waals surface area contributed by atoms with E-state index >= 15 is 0 Å². The van der Waals surface area contributed by atoms with Gasteiger partial charge in [0.25, 0.3) is 0 Å². The zero-order valence-electron chi connectivity index (χ0n) is 36.2. The maximum atomic E-state index is 12.8. The molecule has 0 aliphatic carbocycles. The van der Waals surface area contributed by atoms with Crippen molar-refractivity contribution in [1.82, 2.24) is 5.32 Å². The number of phosphoric ester groups is 1. The van der Waals surface area contributed by atoms with Crippen LogP contribution in [0.2, 0.25) is 0 Å². The molecule has 3 atom stereocenters. The molecule has 0 rings (SSSR count). The highest BCUT2D eigenvalue weighted by Gasteiger charge is 2.27. The lowest BCUT2D eigenvalue weighted by Crippen LogP contribution is -2.45. The van der Waals surface area contributed by atoms with Crippen molar-refractivity contribution in [2.75, 3.05) is 40.9 Å². The highest BCUT2D eigenvalue weighted by atomic mass is 31.2. The Balaban J connectivity index is 4.28. The van der Waals surface area contributed by atoms with Crippen LogP contribution in [0.15, 0.2) is 24.3 Å². The molecule has 1 amide bonds. The predicted octanol–water partition coefficient (Wildman–Crippen LogP) is 12.5. The summed E-state index contributed by atoms with van der Waals surface area (Å²) < 4.78 is 23.5. The molecular weight excluding hydrogens is 695 g/mol. The van der Waals surface area contributed by atoms with Crippen molar-refractivity contribution >= 4 is 13.7 Å². The van der Waals surface area contributed by atoms with Crippen LogP contribution in [0.4, 0.5) is 0 Å². The monoisotopic (exact) mass is 786 g/mol. The summed E-state index contributed by atoms with van der Waals surface area (Å²) in [7, 11) is 1.56. The number of nitrogens with one attached hydrogen (secondary N) is 1. The van der Waals surface area contributed by atoms with Gasteiger partial charge in [-0.25, -0.2) is 4.57 Å². The first-order valence-corrected chi connectivity index (χ1v) is 24.2. The molecule has 0 aliphatic rings. The van der Waals surface area contributed by atoms with Crippen molar-refractivity contribution in [2.24, 2.45) is 0 Å².